The van der Waals surface area contributed by atoms with Gasteiger partial charge in [0.1, 0.15) is 0 Å². The second-order valence-electron chi connectivity index (χ2n) is 5.63. The van der Waals surface area contributed by atoms with Crippen molar-refractivity contribution in [1.82, 2.24) is 4.90 Å². The van der Waals surface area contributed by atoms with E-state index in [4.69, 9.17) is 11.6 Å². The van der Waals surface area contributed by atoms with Crippen LogP contribution in [0.4, 0.5) is 5.69 Å². The summed E-state index contributed by atoms with van der Waals surface area (Å²) in [4.78, 5) is 25.8. The first-order valence-electron chi connectivity index (χ1n) is 6.56. The van der Waals surface area contributed by atoms with E-state index in [2.05, 4.69) is 5.32 Å². The Balaban J connectivity index is 2.88. The Bertz CT molecular complexity index is 521. The van der Waals surface area contributed by atoms with Gasteiger partial charge in [-0.2, -0.15) is 0 Å². The Morgan fingerprint density at radius 3 is 2.35 bits per heavy atom. The van der Waals surface area contributed by atoms with Gasteiger partial charge in [0, 0.05) is 22.8 Å². The van der Waals surface area contributed by atoms with Crippen LogP contribution in [0.15, 0.2) is 18.2 Å². The van der Waals surface area contributed by atoms with Crippen molar-refractivity contribution >= 4 is 29.1 Å². The molecule has 0 radical (unpaired) electrons. The third kappa shape index (κ3) is 3.97. The van der Waals surface area contributed by atoms with Crippen molar-refractivity contribution in [2.24, 2.45) is 0 Å². The van der Waals surface area contributed by atoms with E-state index in [1.807, 2.05) is 34.6 Å². The molecule has 0 atom stereocenters. The number of amides is 2. The van der Waals surface area contributed by atoms with E-state index >= 15 is 0 Å². The summed E-state index contributed by atoms with van der Waals surface area (Å²) in [7, 11) is 0. The lowest BCUT2D eigenvalue weighted by molar-refractivity contribution is -0.146. The van der Waals surface area contributed by atoms with Gasteiger partial charge < -0.3 is 10.2 Å². The molecule has 110 valence electrons. The molecule has 0 aliphatic rings. The van der Waals surface area contributed by atoms with Crippen LogP contribution in [0.25, 0.3) is 0 Å². The Hall–Kier alpha value is -1.55. The van der Waals surface area contributed by atoms with E-state index in [-0.39, 0.29) is 0 Å². The highest BCUT2D eigenvalue weighted by molar-refractivity contribution is 6.39. The molecule has 0 unspecified atom stereocenters. The second kappa shape index (κ2) is 6.27. The number of halogens is 1. The molecule has 2 amide bonds. The van der Waals surface area contributed by atoms with Crippen molar-refractivity contribution in [2.45, 2.75) is 40.2 Å². The fourth-order valence-electron chi connectivity index (χ4n) is 1.99. The zero-order valence-electron chi connectivity index (χ0n) is 12.6. The number of carbonyl (C=O) groups excluding carboxylic acids is 2. The molecule has 0 fully saturated rings. The summed E-state index contributed by atoms with van der Waals surface area (Å²) >= 11 is 5.86. The third-order valence-electron chi connectivity index (χ3n) is 3.00. The van der Waals surface area contributed by atoms with Crippen LogP contribution in [0.2, 0.25) is 5.02 Å². The number of nitrogens with zero attached hydrogens (tertiary/aromatic N) is 1. The number of hydrogen-bond donors (Lipinski definition) is 1. The average Bonchev–Trinajstić information content (AvgIpc) is 2.31. The molecule has 0 saturated heterocycles. The van der Waals surface area contributed by atoms with Gasteiger partial charge in [0.05, 0.1) is 0 Å². The minimum atomic E-state index is -0.632. The van der Waals surface area contributed by atoms with E-state index in [0.29, 0.717) is 17.3 Å². The van der Waals surface area contributed by atoms with Crippen LogP contribution in [0.5, 0.6) is 0 Å². The molecule has 0 bridgehead atoms. The first-order valence-corrected chi connectivity index (χ1v) is 6.93. The number of likely N-dealkylation sites (N-methyl/N-ethyl adjacent to an activating group) is 1. The normalized spacial score (nSPS) is 11.1. The van der Waals surface area contributed by atoms with Gasteiger partial charge in [0.25, 0.3) is 0 Å². The molecule has 0 aliphatic carbocycles. The van der Waals surface area contributed by atoms with Crippen LogP contribution in [-0.4, -0.2) is 28.8 Å². The highest BCUT2D eigenvalue weighted by Gasteiger charge is 2.29. The molecule has 1 rings (SSSR count). The van der Waals surface area contributed by atoms with E-state index in [1.54, 1.807) is 18.2 Å². The minimum Gasteiger partial charge on any atom is -0.330 e. The van der Waals surface area contributed by atoms with E-state index in [9.17, 15) is 9.59 Å². The minimum absolute atomic E-state index is 0.391. The Kier molecular flexibility index (Phi) is 5.17. The Morgan fingerprint density at radius 2 is 1.90 bits per heavy atom. The van der Waals surface area contributed by atoms with Gasteiger partial charge >= 0.3 is 11.8 Å². The zero-order valence-corrected chi connectivity index (χ0v) is 13.3. The van der Waals surface area contributed by atoms with Crippen LogP contribution in [-0.2, 0) is 9.59 Å². The van der Waals surface area contributed by atoms with Crippen LogP contribution in [0.1, 0.15) is 33.3 Å². The summed E-state index contributed by atoms with van der Waals surface area (Å²) in [5.74, 6) is -1.17. The quantitative estimate of drug-likeness (QED) is 0.852. The molecule has 1 N–H and O–H groups in total. The van der Waals surface area contributed by atoms with E-state index in [0.717, 1.165) is 5.56 Å². The molecule has 1 aromatic rings. The molecule has 0 saturated carbocycles. The molecule has 0 spiro atoms. The van der Waals surface area contributed by atoms with Crippen molar-refractivity contribution in [3.8, 4) is 0 Å². The molecule has 4 nitrogen and oxygen atoms in total. The first-order chi connectivity index (χ1) is 9.16. The smallest absolute Gasteiger partial charge is 0.313 e. The van der Waals surface area contributed by atoms with Gasteiger partial charge in [0.15, 0.2) is 0 Å². The standard InChI is InChI=1S/C15H21ClN2O2/c1-6-18(15(3,4)5)14(20)13(19)17-12-8-7-11(16)9-10(12)2/h7-9H,6H2,1-5H3,(H,17,19). The van der Waals surface area contributed by atoms with Gasteiger partial charge in [-0.25, -0.2) is 0 Å². The van der Waals surface area contributed by atoms with Gasteiger partial charge in [-0.3, -0.25) is 9.59 Å². The van der Waals surface area contributed by atoms with Crippen molar-refractivity contribution in [3.63, 3.8) is 0 Å². The predicted molar refractivity (Wildman–Crippen MR) is 82.0 cm³/mol. The fourth-order valence-corrected chi connectivity index (χ4v) is 2.21. The molecule has 5 heteroatoms. The molecule has 0 heterocycles. The number of rotatable bonds is 2. The highest BCUT2D eigenvalue weighted by atomic mass is 35.5. The number of carbonyl (C=O) groups is 2. The van der Waals surface area contributed by atoms with E-state index < -0.39 is 17.4 Å². The molecule has 0 aromatic heterocycles. The molecular weight excluding hydrogens is 276 g/mol. The van der Waals surface area contributed by atoms with Gasteiger partial charge in [0.2, 0.25) is 0 Å². The van der Waals surface area contributed by atoms with Crippen molar-refractivity contribution in [2.75, 3.05) is 11.9 Å². The molecular formula is C15H21ClN2O2. The average molecular weight is 297 g/mol. The number of aryl methyl sites for hydroxylation is 1. The lowest BCUT2D eigenvalue weighted by Gasteiger charge is -2.34. The molecule has 0 aliphatic heterocycles. The maximum absolute atomic E-state index is 12.2. The number of benzene rings is 1. The van der Waals surface area contributed by atoms with Crippen LogP contribution >= 0.6 is 11.6 Å². The first kappa shape index (κ1) is 16.5. The summed E-state index contributed by atoms with van der Waals surface area (Å²) in [5.41, 5.74) is 1.02. The fraction of sp³-hybridized carbons (Fsp3) is 0.467. The van der Waals surface area contributed by atoms with Crippen LogP contribution < -0.4 is 5.32 Å². The summed E-state index contributed by atoms with van der Waals surface area (Å²) in [5, 5.41) is 3.23. The van der Waals surface area contributed by atoms with Crippen LogP contribution in [0, 0.1) is 6.92 Å². The van der Waals surface area contributed by atoms with Crippen LogP contribution in [0.3, 0.4) is 0 Å². The largest absolute Gasteiger partial charge is 0.330 e. The summed E-state index contributed by atoms with van der Waals surface area (Å²) in [6.45, 7) is 9.85. The van der Waals surface area contributed by atoms with Gasteiger partial charge in [-0.15, -0.1) is 0 Å². The third-order valence-corrected chi connectivity index (χ3v) is 3.24. The SMILES string of the molecule is CCN(C(=O)C(=O)Nc1ccc(Cl)cc1C)C(C)(C)C. The van der Waals surface area contributed by atoms with Crippen molar-refractivity contribution in [1.29, 1.82) is 0 Å². The number of nitrogens with one attached hydrogen (secondary N) is 1. The van der Waals surface area contributed by atoms with Gasteiger partial charge in [-0.1, -0.05) is 11.6 Å². The summed E-state index contributed by atoms with van der Waals surface area (Å²) in [6.07, 6.45) is 0. The monoisotopic (exact) mass is 296 g/mol. The van der Waals surface area contributed by atoms with E-state index in [1.165, 1.54) is 4.90 Å². The Labute approximate surface area is 125 Å². The van der Waals surface area contributed by atoms with Crippen molar-refractivity contribution in [3.05, 3.63) is 28.8 Å². The highest BCUT2D eigenvalue weighted by Crippen LogP contribution is 2.20. The lowest BCUT2D eigenvalue weighted by atomic mass is 10.1. The second-order valence-corrected chi connectivity index (χ2v) is 6.07. The molecule has 1 aromatic carbocycles. The molecule has 20 heavy (non-hydrogen) atoms. The van der Waals surface area contributed by atoms with Crippen molar-refractivity contribution < 1.29 is 9.59 Å². The zero-order chi connectivity index (χ0) is 15.5. The number of anilines is 1. The Morgan fingerprint density at radius 1 is 1.30 bits per heavy atom. The topological polar surface area (TPSA) is 49.4 Å². The van der Waals surface area contributed by atoms with Gasteiger partial charge in [-0.05, 0) is 58.4 Å². The summed E-state index contributed by atoms with van der Waals surface area (Å²) in [6, 6.07) is 5.11. The maximum atomic E-state index is 12.2. The lowest BCUT2D eigenvalue weighted by Crippen LogP contribution is -2.49. The summed E-state index contributed by atoms with van der Waals surface area (Å²) < 4.78 is 0. The number of hydrogen-bond acceptors (Lipinski definition) is 2. The maximum Gasteiger partial charge on any atom is 0.313 e. The predicted octanol–water partition coefficient (Wildman–Crippen LogP) is 3.23.